The predicted molar refractivity (Wildman–Crippen MR) is 72.6 cm³/mol. The number of halogens is 3. The Morgan fingerprint density at radius 1 is 1.33 bits per heavy atom. The number of hydrogen-bond donors (Lipinski definition) is 1. The van der Waals surface area contributed by atoms with Crippen LogP contribution in [0.2, 0.25) is 0 Å². The van der Waals surface area contributed by atoms with E-state index in [1.807, 2.05) is 13.8 Å². The number of anilines is 1. The van der Waals surface area contributed by atoms with Crippen LogP contribution in [0.1, 0.15) is 25.0 Å². The number of rotatable bonds is 5. The summed E-state index contributed by atoms with van der Waals surface area (Å²) in [6.07, 6.45) is -4.50. The molecular formula is C14H16F3N3O. The van der Waals surface area contributed by atoms with Crippen LogP contribution in [0.3, 0.4) is 0 Å². The minimum atomic E-state index is -4.50. The van der Waals surface area contributed by atoms with Crippen molar-refractivity contribution in [3.8, 4) is 6.07 Å². The van der Waals surface area contributed by atoms with Gasteiger partial charge in [0, 0.05) is 13.1 Å². The molecule has 21 heavy (non-hydrogen) atoms. The number of nitriles is 1. The zero-order valence-corrected chi connectivity index (χ0v) is 11.8. The lowest BCUT2D eigenvalue weighted by molar-refractivity contribution is -0.137. The van der Waals surface area contributed by atoms with Crippen LogP contribution in [0.25, 0.3) is 0 Å². The van der Waals surface area contributed by atoms with Crippen LogP contribution >= 0.6 is 0 Å². The van der Waals surface area contributed by atoms with Crippen LogP contribution < -0.4 is 5.32 Å². The lowest BCUT2D eigenvalue weighted by atomic mass is 10.1. The van der Waals surface area contributed by atoms with E-state index in [9.17, 15) is 18.0 Å². The van der Waals surface area contributed by atoms with Crippen LogP contribution in [-0.4, -0.2) is 30.4 Å². The Labute approximate surface area is 121 Å². The standard InChI is InChI=1S/C14H16F3N3O/c1-3-20(4-2)13(21)9-19-12-6-5-11(14(15,16)17)7-10(12)8-18/h5-7,19H,3-4,9H2,1-2H3. The highest BCUT2D eigenvalue weighted by atomic mass is 19.4. The van der Waals surface area contributed by atoms with E-state index >= 15 is 0 Å². The lowest BCUT2D eigenvalue weighted by Gasteiger charge is -2.19. The molecule has 0 heterocycles. The SMILES string of the molecule is CCN(CC)C(=O)CNc1ccc(C(F)(F)F)cc1C#N. The quantitative estimate of drug-likeness (QED) is 0.909. The molecule has 0 bridgehead atoms. The van der Waals surface area contributed by atoms with Crippen molar-refractivity contribution >= 4 is 11.6 Å². The molecule has 4 nitrogen and oxygen atoms in total. The minimum Gasteiger partial charge on any atom is -0.375 e. The normalized spacial score (nSPS) is 10.9. The molecule has 0 radical (unpaired) electrons. The maximum absolute atomic E-state index is 12.6. The summed E-state index contributed by atoms with van der Waals surface area (Å²) < 4.78 is 37.7. The van der Waals surface area contributed by atoms with E-state index in [0.29, 0.717) is 13.1 Å². The van der Waals surface area contributed by atoms with Crippen molar-refractivity contribution in [1.29, 1.82) is 5.26 Å². The van der Waals surface area contributed by atoms with E-state index in [4.69, 9.17) is 5.26 Å². The first-order chi connectivity index (χ1) is 9.83. The first kappa shape index (κ1) is 16.8. The van der Waals surface area contributed by atoms with Gasteiger partial charge in [-0.2, -0.15) is 18.4 Å². The number of carbonyl (C=O) groups excluding carboxylic acids is 1. The van der Waals surface area contributed by atoms with Gasteiger partial charge in [-0.25, -0.2) is 0 Å². The molecule has 0 aliphatic heterocycles. The predicted octanol–water partition coefficient (Wildman–Crippen LogP) is 2.86. The minimum absolute atomic E-state index is 0.0677. The van der Waals surface area contributed by atoms with E-state index in [1.54, 1.807) is 11.0 Å². The number of nitrogens with zero attached hydrogens (tertiary/aromatic N) is 2. The number of amides is 1. The highest BCUT2D eigenvalue weighted by molar-refractivity contribution is 5.81. The first-order valence-corrected chi connectivity index (χ1v) is 6.46. The molecule has 7 heteroatoms. The Morgan fingerprint density at radius 2 is 1.95 bits per heavy atom. The number of hydrogen-bond acceptors (Lipinski definition) is 3. The second-order valence-corrected chi connectivity index (χ2v) is 4.29. The maximum atomic E-state index is 12.6. The van der Waals surface area contributed by atoms with Gasteiger partial charge in [-0.15, -0.1) is 0 Å². The summed E-state index contributed by atoms with van der Waals surface area (Å²) in [6, 6.07) is 4.51. The van der Waals surface area contributed by atoms with Gasteiger partial charge in [-0.1, -0.05) is 0 Å². The maximum Gasteiger partial charge on any atom is 0.416 e. The smallest absolute Gasteiger partial charge is 0.375 e. The topological polar surface area (TPSA) is 56.1 Å². The molecule has 1 amide bonds. The molecule has 0 aliphatic rings. The molecule has 1 aromatic rings. The monoisotopic (exact) mass is 299 g/mol. The highest BCUT2D eigenvalue weighted by Gasteiger charge is 2.31. The number of nitrogens with one attached hydrogen (secondary N) is 1. The summed E-state index contributed by atoms with van der Waals surface area (Å²) in [5, 5.41) is 11.6. The van der Waals surface area contributed by atoms with Crippen molar-refractivity contribution in [3.63, 3.8) is 0 Å². The fraction of sp³-hybridized carbons (Fsp3) is 0.429. The van der Waals surface area contributed by atoms with Crippen molar-refractivity contribution in [2.24, 2.45) is 0 Å². The molecule has 114 valence electrons. The third-order valence-electron chi connectivity index (χ3n) is 3.01. The van der Waals surface area contributed by atoms with Crippen LogP contribution in [0.15, 0.2) is 18.2 Å². The molecule has 0 fully saturated rings. The van der Waals surface area contributed by atoms with E-state index in [1.165, 1.54) is 0 Å². The zero-order chi connectivity index (χ0) is 16.0. The average Bonchev–Trinajstić information content (AvgIpc) is 2.45. The van der Waals surface area contributed by atoms with E-state index in [2.05, 4.69) is 5.32 Å². The molecule has 0 aromatic heterocycles. The second-order valence-electron chi connectivity index (χ2n) is 4.29. The van der Waals surface area contributed by atoms with Gasteiger partial charge in [0.2, 0.25) is 5.91 Å². The summed E-state index contributed by atoms with van der Waals surface area (Å²) in [4.78, 5) is 13.4. The Bertz CT molecular complexity index is 545. The second kappa shape index (κ2) is 6.97. The molecule has 0 spiro atoms. The molecule has 0 unspecified atom stereocenters. The number of carbonyl (C=O) groups is 1. The van der Waals surface area contributed by atoms with Gasteiger partial charge in [0.25, 0.3) is 0 Å². The van der Waals surface area contributed by atoms with Crippen molar-refractivity contribution < 1.29 is 18.0 Å². The van der Waals surface area contributed by atoms with Crippen molar-refractivity contribution in [3.05, 3.63) is 29.3 Å². The Hall–Kier alpha value is -2.23. The molecule has 0 saturated carbocycles. The Kier molecular flexibility index (Phi) is 5.59. The Morgan fingerprint density at radius 3 is 2.43 bits per heavy atom. The van der Waals surface area contributed by atoms with Gasteiger partial charge in [0.15, 0.2) is 0 Å². The fourth-order valence-corrected chi connectivity index (χ4v) is 1.83. The molecule has 1 aromatic carbocycles. The van der Waals surface area contributed by atoms with Crippen LogP contribution in [0.4, 0.5) is 18.9 Å². The van der Waals surface area contributed by atoms with Crippen LogP contribution in [-0.2, 0) is 11.0 Å². The van der Waals surface area contributed by atoms with Gasteiger partial charge in [0.05, 0.1) is 23.4 Å². The summed E-state index contributed by atoms with van der Waals surface area (Å²) >= 11 is 0. The van der Waals surface area contributed by atoms with Gasteiger partial charge in [-0.05, 0) is 32.0 Å². The van der Waals surface area contributed by atoms with E-state index < -0.39 is 11.7 Å². The van der Waals surface area contributed by atoms with Crippen molar-refractivity contribution in [2.75, 3.05) is 25.0 Å². The average molecular weight is 299 g/mol. The first-order valence-electron chi connectivity index (χ1n) is 6.46. The van der Waals surface area contributed by atoms with Gasteiger partial charge in [0.1, 0.15) is 6.07 Å². The number of benzene rings is 1. The summed E-state index contributed by atoms with van der Waals surface area (Å²) in [6.45, 7) is 4.70. The van der Waals surface area contributed by atoms with Crippen LogP contribution in [0.5, 0.6) is 0 Å². The third-order valence-corrected chi connectivity index (χ3v) is 3.01. The molecule has 1 N–H and O–H groups in total. The van der Waals surface area contributed by atoms with Gasteiger partial charge < -0.3 is 10.2 Å². The van der Waals surface area contributed by atoms with Crippen molar-refractivity contribution in [1.82, 2.24) is 4.90 Å². The Balaban J connectivity index is 2.86. The van der Waals surface area contributed by atoms with E-state index in [-0.39, 0.29) is 23.7 Å². The number of likely N-dealkylation sites (N-methyl/N-ethyl adjacent to an activating group) is 1. The third kappa shape index (κ3) is 4.38. The molecule has 0 saturated heterocycles. The molecule has 0 atom stereocenters. The zero-order valence-electron chi connectivity index (χ0n) is 11.8. The summed E-state index contributed by atoms with van der Waals surface area (Å²) in [5.74, 6) is -0.177. The lowest BCUT2D eigenvalue weighted by Crippen LogP contribution is -2.35. The van der Waals surface area contributed by atoms with Gasteiger partial charge in [-0.3, -0.25) is 4.79 Å². The largest absolute Gasteiger partial charge is 0.416 e. The fourth-order valence-electron chi connectivity index (χ4n) is 1.83. The molecular weight excluding hydrogens is 283 g/mol. The summed E-state index contributed by atoms with van der Waals surface area (Å²) in [7, 11) is 0. The highest BCUT2D eigenvalue weighted by Crippen LogP contribution is 2.31. The summed E-state index contributed by atoms with van der Waals surface area (Å²) in [5.41, 5.74) is -0.817. The van der Waals surface area contributed by atoms with Gasteiger partial charge >= 0.3 is 6.18 Å². The molecule has 1 rings (SSSR count). The number of alkyl halides is 3. The van der Waals surface area contributed by atoms with Crippen molar-refractivity contribution in [2.45, 2.75) is 20.0 Å². The van der Waals surface area contributed by atoms with E-state index in [0.717, 1.165) is 18.2 Å². The van der Waals surface area contributed by atoms with Crippen LogP contribution in [0, 0.1) is 11.3 Å². The molecule has 0 aliphatic carbocycles.